The van der Waals surface area contributed by atoms with Crippen LogP contribution in [0, 0.1) is 0 Å². The topological polar surface area (TPSA) is 114 Å². The zero-order valence-electron chi connectivity index (χ0n) is 20.5. The van der Waals surface area contributed by atoms with E-state index in [0.717, 1.165) is 0 Å². The molecule has 0 N–H and O–H groups in total. The minimum atomic E-state index is -0.707. The molecule has 0 atom stereocenters. The predicted molar refractivity (Wildman–Crippen MR) is 131 cm³/mol. The number of benzene rings is 2. The average Bonchev–Trinajstić information content (AvgIpc) is 2.86. The SMILES string of the molecule is C=C(C)C(=O)OCCOC(=O)c1ccc(-c2ccc(OC(=O)C(=C)C)cc2)c(C(=O)OCCOC)c1. The highest BCUT2D eigenvalue weighted by Crippen LogP contribution is 2.28. The van der Waals surface area contributed by atoms with E-state index in [1.807, 2.05) is 0 Å². The third-order valence-electron chi connectivity index (χ3n) is 4.62. The van der Waals surface area contributed by atoms with E-state index >= 15 is 0 Å². The van der Waals surface area contributed by atoms with E-state index in [2.05, 4.69) is 13.2 Å². The lowest BCUT2D eigenvalue weighted by Crippen LogP contribution is -2.15. The number of ether oxygens (including phenoxy) is 5. The van der Waals surface area contributed by atoms with E-state index in [9.17, 15) is 19.2 Å². The van der Waals surface area contributed by atoms with Gasteiger partial charge in [-0.05, 0) is 49.2 Å². The molecular formula is C27H28O9. The number of rotatable bonds is 12. The third kappa shape index (κ3) is 8.21. The Morgan fingerprint density at radius 2 is 1.31 bits per heavy atom. The lowest BCUT2D eigenvalue weighted by atomic mass is 9.97. The van der Waals surface area contributed by atoms with Gasteiger partial charge in [-0.25, -0.2) is 19.2 Å². The van der Waals surface area contributed by atoms with Gasteiger partial charge >= 0.3 is 23.9 Å². The van der Waals surface area contributed by atoms with Gasteiger partial charge < -0.3 is 23.7 Å². The number of carbonyl (C=O) groups is 4. The second-order valence-corrected chi connectivity index (χ2v) is 7.64. The van der Waals surface area contributed by atoms with Crippen molar-refractivity contribution in [1.29, 1.82) is 0 Å². The van der Waals surface area contributed by atoms with Gasteiger partial charge in [-0.3, -0.25) is 0 Å². The first-order chi connectivity index (χ1) is 17.1. The van der Waals surface area contributed by atoms with Crippen LogP contribution < -0.4 is 4.74 Å². The van der Waals surface area contributed by atoms with Gasteiger partial charge in [-0.15, -0.1) is 0 Å². The van der Waals surface area contributed by atoms with Gasteiger partial charge in [0.2, 0.25) is 0 Å². The van der Waals surface area contributed by atoms with Crippen LogP contribution >= 0.6 is 0 Å². The van der Waals surface area contributed by atoms with Crippen LogP contribution in [0.5, 0.6) is 5.75 Å². The first-order valence-corrected chi connectivity index (χ1v) is 10.9. The van der Waals surface area contributed by atoms with Crippen LogP contribution in [0.25, 0.3) is 11.1 Å². The maximum atomic E-state index is 12.8. The van der Waals surface area contributed by atoms with Crippen molar-refractivity contribution in [3.8, 4) is 16.9 Å². The minimum absolute atomic E-state index is 0.0212. The summed E-state index contributed by atoms with van der Waals surface area (Å²) in [6.45, 7) is 9.97. The highest BCUT2D eigenvalue weighted by Gasteiger charge is 2.19. The molecule has 2 rings (SSSR count). The van der Waals surface area contributed by atoms with Crippen LogP contribution in [0.4, 0.5) is 0 Å². The summed E-state index contributed by atoms with van der Waals surface area (Å²) < 4.78 is 25.4. The van der Waals surface area contributed by atoms with Gasteiger partial charge in [0.1, 0.15) is 25.6 Å². The lowest BCUT2D eigenvalue weighted by Gasteiger charge is -2.13. The number of hydrogen-bond acceptors (Lipinski definition) is 9. The summed E-state index contributed by atoms with van der Waals surface area (Å²) in [5.74, 6) is -2.20. The van der Waals surface area contributed by atoms with Crippen LogP contribution in [-0.2, 0) is 28.5 Å². The first-order valence-electron chi connectivity index (χ1n) is 10.9. The van der Waals surface area contributed by atoms with Gasteiger partial charge in [-0.2, -0.15) is 0 Å². The second kappa shape index (κ2) is 13.6. The predicted octanol–water partition coefficient (Wildman–Crippen LogP) is 3.91. The monoisotopic (exact) mass is 496 g/mol. The Kier molecular flexibility index (Phi) is 10.6. The van der Waals surface area contributed by atoms with Crippen molar-refractivity contribution in [1.82, 2.24) is 0 Å². The summed E-state index contributed by atoms with van der Waals surface area (Å²) in [6, 6.07) is 10.9. The summed E-state index contributed by atoms with van der Waals surface area (Å²) in [5, 5.41) is 0. The molecule has 0 amide bonds. The average molecular weight is 497 g/mol. The van der Waals surface area contributed by atoms with Crippen molar-refractivity contribution >= 4 is 23.9 Å². The third-order valence-corrected chi connectivity index (χ3v) is 4.62. The maximum Gasteiger partial charge on any atom is 0.338 e. The molecule has 0 aliphatic heterocycles. The van der Waals surface area contributed by atoms with Crippen molar-refractivity contribution in [2.75, 3.05) is 33.5 Å². The molecule has 0 saturated heterocycles. The van der Waals surface area contributed by atoms with E-state index in [4.69, 9.17) is 23.7 Å². The zero-order valence-corrected chi connectivity index (χ0v) is 20.5. The Bertz CT molecular complexity index is 1150. The van der Waals surface area contributed by atoms with Crippen molar-refractivity contribution in [2.24, 2.45) is 0 Å². The molecule has 0 aliphatic carbocycles. The van der Waals surface area contributed by atoms with Gasteiger partial charge in [0.05, 0.1) is 17.7 Å². The molecule has 0 aliphatic rings. The van der Waals surface area contributed by atoms with Gasteiger partial charge in [0, 0.05) is 18.3 Å². The standard InChI is InChI=1S/C27H28O9/c1-17(2)24(28)33-14-15-34-26(30)20-8-11-22(23(16-20)27(31)35-13-12-32-5)19-6-9-21(10-7-19)36-25(29)18(3)4/h6-11,16H,1,3,12-15H2,2,4-5H3. The smallest absolute Gasteiger partial charge is 0.338 e. The van der Waals surface area contributed by atoms with E-state index in [1.54, 1.807) is 37.3 Å². The zero-order chi connectivity index (χ0) is 26.7. The fourth-order valence-electron chi connectivity index (χ4n) is 2.76. The Morgan fingerprint density at radius 3 is 1.92 bits per heavy atom. The normalized spacial score (nSPS) is 10.2. The molecule has 0 bridgehead atoms. The molecule has 0 fully saturated rings. The number of esters is 4. The van der Waals surface area contributed by atoms with Crippen molar-refractivity contribution in [3.63, 3.8) is 0 Å². The van der Waals surface area contributed by atoms with Crippen LogP contribution in [0.3, 0.4) is 0 Å². The molecule has 2 aromatic rings. The lowest BCUT2D eigenvalue weighted by molar-refractivity contribution is -0.140. The molecule has 9 heteroatoms. The Morgan fingerprint density at radius 1 is 0.722 bits per heavy atom. The molecule has 36 heavy (non-hydrogen) atoms. The number of methoxy groups -OCH3 is 1. The first kappa shape index (κ1) is 28.0. The second-order valence-electron chi connectivity index (χ2n) is 7.64. The summed E-state index contributed by atoms with van der Waals surface area (Å²) in [6.07, 6.45) is 0. The van der Waals surface area contributed by atoms with Gasteiger partial charge in [-0.1, -0.05) is 31.4 Å². The minimum Gasteiger partial charge on any atom is -0.460 e. The fourth-order valence-corrected chi connectivity index (χ4v) is 2.76. The van der Waals surface area contributed by atoms with Gasteiger partial charge in [0.25, 0.3) is 0 Å². The molecule has 0 aromatic heterocycles. The molecule has 0 spiro atoms. The molecule has 0 heterocycles. The maximum absolute atomic E-state index is 12.8. The molecular weight excluding hydrogens is 468 g/mol. The van der Waals surface area contributed by atoms with Crippen LogP contribution in [0.15, 0.2) is 66.8 Å². The largest absolute Gasteiger partial charge is 0.460 e. The van der Waals surface area contributed by atoms with E-state index < -0.39 is 23.9 Å². The number of carbonyl (C=O) groups excluding carboxylic acids is 4. The van der Waals surface area contributed by atoms with E-state index in [1.165, 1.54) is 26.2 Å². The molecule has 2 aromatic carbocycles. The quantitative estimate of drug-likeness (QED) is 0.142. The molecule has 190 valence electrons. The molecule has 9 nitrogen and oxygen atoms in total. The van der Waals surface area contributed by atoms with E-state index in [0.29, 0.717) is 16.9 Å². The van der Waals surface area contributed by atoms with Crippen molar-refractivity contribution in [3.05, 3.63) is 77.9 Å². The summed E-state index contributed by atoms with van der Waals surface area (Å²) in [4.78, 5) is 48.4. The highest BCUT2D eigenvalue weighted by molar-refractivity contribution is 6.01. The fraction of sp³-hybridized carbons (Fsp3) is 0.259. The molecule has 0 radical (unpaired) electrons. The van der Waals surface area contributed by atoms with Gasteiger partial charge in [0.15, 0.2) is 0 Å². The molecule has 0 saturated carbocycles. The summed E-state index contributed by atoms with van der Waals surface area (Å²) >= 11 is 0. The molecule has 0 unspecified atom stereocenters. The van der Waals surface area contributed by atoms with Crippen LogP contribution in [0.2, 0.25) is 0 Å². The van der Waals surface area contributed by atoms with Crippen molar-refractivity contribution < 1.29 is 42.9 Å². The van der Waals surface area contributed by atoms with E-state index in [-0.39, 0.29) is 48.7 Å². The van der Waals surface area contributed by atoms with Crippen LogP contribution in [-0.4, -0.2) is 57.4 Å². The Hall–Kier alpha value is -4.24. The Balaban J connectivity index is 2.24. The summed E-state index contributed by atoms with van der Waals surface area (Å²) in [7, 11) is 1.48. The highest BCUT2D eigenvalue weighted by atomic mass is 16.6. The Labute approximate surface area is 209 Å². The van der Waals surface area contributed by atoms with Crippen LogP contribution in [0.1, 0.15) is 34.6 Å². The summed E-state index contributed by atoms with van der Waals surface area (Å²) in [5.41, 5.74) is 1.83. The number of hydrogen-bond donors (Lipinski definition) is 0. The van der Waals surface area contributed by atoms with Crippen molar-refractivity contribution in [2.45, 2.75) is 13.8 Å².